The van der Waals surface area contributed by atoms with E-state index in [9.17, 15) is 4.79 Å². The van der Waals surface area contributed by atoms with Crippen LogP contribution in [0.5, 0.6) is 17.2 Å². The first-order valence-electron chi connectivity index (χ1n) is 8.49. The van der Waals surface area contributed by atoms with Crippen LogP contribution in [0.4, 0.5) is 0 Å². The number of carbonyl (C=O) groups excluding carboxylic acids is 1. The highest BCUT2D eigenvalue weighted by atomic mass is 16.6. The van der Waals surface area contributed by atoms with Crippen molar-refractivity contribution >= 4 is 5.91 Å². The fourth-order valence-electron chi connectivity index (χ4n) is 2.73. The molecule has 0 radical (unpaired) electrons. The molecule has 7 heteroatoms. The van der Waals surface area contributed by atoms with Gasteiger partial charge in [-0.05, 0) is 36.4 Å². The zero-order valence-electron chi connectivity index (χ0n) is 14.7. The number of ether oxygens (including phenoxy) is 3. The molecule has 2 aromatic carbocycles. The van der Waals surface area contributed by atoms with Crippen molar-refractivity contribution in [2.45, 2.75) is 12.6 Å². The number of aromatic nitrogens is 1. The number of carbonyl (C=O) groups is 1. The van der Waals surface area contributed by atoms with Gasteiger partial charge < -0.3 is 24.1 Å². The Balaban J connectivity index is 1.35. The molecule has 0 spiro atoms. The molecule has 1 aromatic heterocycles. The number of fused-ring (bicyclic) bond motifs is 1. The summed E-state index contributed by atoms with van der Waals surface area (Å²) < 4.78 is 21.7. The second-order valence-corrected chi connectivity index (χ2v) is 5.99. The maximum Gasteiger partial charge on any atom is 0.265 e. The molecule has 138 valence electrons. The van der Waals surface area contributed by atoms with E-state index in [0.717, 1.165) is 11.3 Å². The molecule has 0 saturated heterocycles. The van der Waals surface area contributed by atoms with E-state index in [1.807, 2.05) is 36.4 Å². The highest BCUT2D eigenvalue weighted by molar-refractivity contribution is 5.81. The molecule has 3 aromatic rings. The van der Waals surface area contributed by atoms with E-state index < -0.39 is 6.10 Å². The summed E-state index contributed by atoms with van der Waals surface area (Å²) in [4.78, 5) is 12.3. The Morgan fingerprint density at radius 2 is 1.96 bits per heavy atom. The lowest BCUT2D eigenvalue weighted by atomic mass is 10.1. The summed E-state index contributed by atoms with van der Waals surface area (Å²) in [5.41, 5.74) is 1.49. The number of amides is 1. The Morgan fingerprint density at radius 1 is 1.19 bits per heavy atom. The molecule has 1 N–H and O–H groups in total. The van der Waals surface area contributed by atoms with Crippen molar-refractivity contribution < 1.29 is 23.5 Å². The van der Waals surface area contributed by atoms with Crippen molar-refractivity contribution in [2.24, 2.45) is 0 Å². The SMILES string of the molecule is COc1ccc(-c2cc(CNC(=O)C3COc4ccccc4O3)no2)cc1. The average Bonchev–Trinajstić information content (AvgIpc) is 3.21. The third kappa shape index (κ3) is 3.72. The highest BCUT2D eigenvalue weighted by Gasteiger charge is 2.27. The van der Waals surface area contributed by atoms with Crippen LogP contribution in [0.3, 0.4) is 0 Å². The molecule has 27 heavy (non-hydrogen) atoms. The number of hydrogen-bond donors (Lipinski definition) is 1. The second kappa shape index (κ2) is 7.41. The predicted molar refractivity (Wildman–Crippen MR) is 96.7 cm³/mol. The molecule has 0 aliphatic carbocycles. The van der Waals surface area contributed by atoms with Crippen molar-refractivity contribution in [3.05, 3.63) is 60.3 Å². The van der Waals surface area contributed by atoms with Gasteiger partial charge in [-0.2, -0.15) is 0 Å². The van der Waals surface area contributed by atoms with Gasteiger partial charge in [0.2, 0.25) is 6.10 Å². The number of benzene rings is 2. The van der Waals surface area contributed by atoms with Gasteiger partial charge in [0.25, 0.3) is 5.91 Å². The number of nitrogens with zero attached hydrogens (tertiary/aromatic N) is 1. The Labute approximate surface area is 155 Å². The zero-order valence-corrected chi connectivity index (χ0v) is 14.7. The topological polar surface area (TPSA) is 82.8 Å². The Kier molecular flexibility index (Phi) is 4.65. The van der Waals surface area contributed by atoms with Crippen LogP contribution in [0.2, 0.25) is 0 Å². The molecule has 1 aliphatic rings. The first-order chi connectivity index (χ1) is 13.2. The third-order valence-corrected chi connectivity index (χ3v) is 4.18. The molecular weight excluding hydrogens is 348 g/mol. The van der Waals surface area contributed by atoms with Crippen LogP contribution in [0.15, 0.2) is 59.1 Å². The van der Waals surface area contributed by atoms with Gasteiger partial charge >= 0.3 is 0 Å². The fraction of sp³-hybridized carbons (Fsp3) is 0.200. The molecule has 7 nitrogen and oxygen atoms in total. The van der Waals surface area contributed by atoms with Crippen molar-refractivity contribution in [1.29, 1.82) is 0 Å². The van der Waals surface area contributed by atoms with Crippen molar-refractivity contribution in [3.63, 3.8) is 0 Å². The highest BCUT2D eigenvalue weighted by Crippen LogP contribution is 2.31. The summed E-state index contributed by atoms with van der Waals surface area (Å²) in [5, 5.41) is 6.79. The number of methoxy groups -OCH3 is 1. The van der Waals surface area contributed by atoms with Gasteiger partial charge in [-0.15, -0.1) is 0 Å². The molecule has 1 unspecified atom stereocenters. The van der Waals surface area contributed by atoms with E-state index in [0.29, 0.717) is 23.0 Å². The van der Waals surface area contributed by atoms with Gasteiger partial charge in [0, 0.05) is 11.6 Å². The smallest absolute Gasteiger partial charge is 0.265 e. The summed E-state index contributed by atoms with van der Waals surface area (Å²) in [5.74, 6) is 2.32. The number of rotatable bonds is 5. The van der Waals surface area contributed by atoms with E-state index in [1.165, 1.54) is 0 Å². The van der Waals surface area contributed by atoms with E-state index in [-0.39, 0.29) is 19.1 Å². The quantitative estimate of drug-likeness (QED) is 0.748. The summed E-state index contributed by atoms with van der Waals surface area (Å²) in [6.45, 7) is 0.402. The van der Waals surface area contributed by atoms with Crippen LogP contribution >= 0.6 is 0 Å². The maximum absolute atomic E-state index is 12.3. The molecule has 0 fully saturated rings. The Hall–Kier alpha value is -3.48. The third-order valence-electron chi connectivity index (χ3n) is 4.18. The average molecular weight is 366 g/mol. The molecule has 2 heterocycles. The molecule has 1 aliphatic heterocycles. The van der Waals surface area contributed by atoms with Crippen LogP contribution in [0.25, 0.3) is 11.3 Å². The number of para-hydroxylation sites is 2. The number of nitrogens with one attached hydrogen (secondary N) is 1. The normalized spacial score (nSPS) is 15.2. The molecule has 1 amide bonds. The van der Waals surface area contributed by atoms with Crippen LogP contribution in [-0.4, -0.2) is 30.9 Å². The van der Waals surface area contributed by atoms with Crippen LogP contribution in [0, 0.1) is 0 Å². The van der Waals surface area contributed by atoms with Gasteiger partial charge in [0.1, 0.15) is 18.1 Å². The minimum Gasteiger partial charge on any atom is -0.497 e. The van der Waals surface area contributed by atoms with E-state index in [1.54, 1.807) is 25.3 Å². The molecule has 0 saturated carbocycles. The molecular formula is C20H18N2O5. The summed E-state index contributed by atoms with van der Waals surface area (Å²) in [7, 11) is 1.61. The Bertz CT molecular complexity index is 936. The minimum absolute atomic E-state index is 0.165. The monoisotopic (exact) mass is 366 g/mol. The lowest BCUT2D eigenvalue weighted by Crippen LogP contribution is -2.43. The van der Waals surface area contributed by atoms with Gasteiger partial charge in [0.15, 0.2) is 17.3 Å². The first kappa shape index (κ1) is 17.0. The second-order valence-electron chi connectivity index (χ2n) is 5.99. The van der Waals surface area contributed by atoms with Crippen LogP contribution < -0.4 is 19.5 Å². The summed E-state index contributed by atoms with van der Waals surface area (Å²) in [6.07, 6.45) is -0.701. The lowest BCUT2D eigenvalue weighted by Gasteiger charge is -2.25. The summed E-state index contributed by atoms with van der Waals surface area (Å²) in [6, 6.07) is 16.5. The minimum atomic E-state index is -0.701. The van der Waals surface area contributed by atoms with Gasteiger partial charge in [-0.25, -0.2) is 0 Å². The largest absolute Gasteiger partial charge is 0.497 e. The maximum atomic E-state index is 12.3. The predicted octanol–water partition coefficient (Wildman–Crippen LogP) is 2.81. The lowest BCUT2D eigenvalue weighted by molar-refractivity contribution is -0.130. The van der Waals surface area contributed by atoms with Crippen molar-refractivity contribution in [3.8, 4) is 28.6 Å². The summed E-state index contributed by atoms with van der Waals surface area (Å²) >= 11 is 0. The van der Waals surface area contributed by atoms with Gasteiger partial charge in [-0.1, -0.05) is 17.3 Å². The number of hydrogen-bond acceptors (Lipinski definition) is 6. The zero-order chi connectivity index (χ0) is 18.6. The Morgan fingerprint density at radius 3 is 2.74 bits per heavy atom. The van der Waals surface area contributed by atoms with Crippen LogP contribution in [-0.2, 0) is 11.3 Å². The molecule has 1 atom stereocenters. The fourth-order valence-corrected chi connectivity index (χ4v) is 2.73. The van der Waals surface area contributed by atoms with E-state index in [4.69, 9.17) is 18.7 Å². The van der Waals surface area contributed by atoms with Crippen molar-refractivity contribution in [2.75, 3.05) is 13.7 Å². The van der Waals surface area contributed by atoms with Gasteiger partial charge in [-0.3, -0.25) is 4.79 Å². The van der Waals surface area contributed by atoms with Crippen molar-refractivity contribution in [1.82, 2.24) is 10.5 Å². The standard InChI is InChI=1S/C20H18N2O5/c1-24-15-8-6-13(7-9-15)18-10-14(22-27-18)11-21-20(23)19-12-25-16-4-2-3-5-17(16)26-19/h2-10,19H,11-12H2,1H3,(H,21,23). The molecule has 4 rings (SSSR count). The van der Waals surface area contributed by atoms with Gasteiger partial charge in [0.05, 0.1) is 13.7 Å². The van der Waals surface area contributed by atoms with E-state index in [2.05, 4.69) is 10.5 Å². The molecule has 0 bridgehead atoms. The van der Waals surface area contributed by atoms with Crippen LogP contribution in [0.1, 0.15) is 5.69 Å². The van der Waals surface area contributed by atoms with E-state index >= 15 is 0 Å². The first-order valence-corrected chi connectivity index (χ1v) is 8.49.